The SMILES string of the molecule is COc1cc2c(Oc3cccc(F)c3Br)ncnc2cc1OCCN(C)C. The molecule has 142 valence electrons. The third-order valence-electron chi connectivity index (χ3n) is 3.80. The molecule has 1 aromatic heterocycles. The summed E-state index contributed by atoms with van der Waals surface area (Å²) in [6.07, 6.45) is 1.39. The molecular formula is C19H19BrFN3O3. The first-order valence-corrected chi connectivity index (χ1v) is 9.01. The molecule has 0 N–H and O–H groups in total. The van der Waals surface area contributed by atoms with E-state index in [1.807, 2.05) is 19.0 Å². The molecular weight excluding hydrogens is 417 g/mol. The number of likely N-dealkylation sites (N-methyl/N-ethyl adjacent to an activating group) is 1. The topological polar surface area (TPSA) is 56.7 Å². The van der Waals surface area contributed by atoms with E-state index in [0.29, 0.717) is 40.6 Å². The first-order valence-electron chi connectivity index (χ1n) is 8.21. The van der Waals surface area contributed by atoms with Gasteiger partial charge >= 0.3 is 0 Å². The number of nitrogens with zero attached hydrogens (tertiary/aromatic N) is 3. The van der Waals surface area contributed by atoms with Crippen molar-refractivity contribution in [1.82, 2.24) is 14.9 Å². The standard InChI is InChI=1S/C19H19BrFN3O3/c1-24(2)7-8-26-17-10-14-12(9-16(17)25-3)19(23-11-22-14)27-15-6-4-5-13(21)18(15)20/h4-6,9-11H,7-8H2,1-3H3. The first-order chi connectivity index (χ1) is 13.0. The van der Waals surface area contributed by atoms with Crippen LogP contribution in [-0.4, -0.2) is 49.2 Å². The Morgan fingerprint density at radius 2 is 1.93 bits per heavy atom. The summed E-state index contributed by atoms with van der Waals surface area (Å²) in [5, 5.41) is 0.630. The highest BCUT2D eigenvalue weighted by Crippen LogP contribution is 2.37. The Bertz CT molecular complexity index is 953. The Labute approximate surface area is 165 Å². The van der Waals surface area contributed by atoms with Crippen molar-refractivity contribution in [2.75, 3.05) is 34.4 Å². The summed E-state index contributed by atoms with van der Waals surface area (Å²) in [4.78, 5) is 10.5. The fraction of sp³-hybridized carbons (Fsp3) is 0.263. The molecule has 2 aromatic carbocycles. The van der Waals surface area contributed by atoms with Gasteiger partial charge in [-0.2, -0.15) is 0 Å². The second-order valence-electron chi connectivity index (χ2n) is 6.00. The maximum atomic E-state index is 13.7. The van der Waals surface area contributed by atoms with Gasteiger partial charge in [-0.3, -0.25) is 0 Å². The molecule has 27 heavy (non-hydrogen) atoms. The summed E-state index contributed by atoms with van der Waals surface area (Å²) in [5.74, 6) is 1.33. The van der Waals surface area contributed by atoms with Crippen molar-refractivity contribution in [2.24, 2.45) is 0 Å². The summed E-state index contributed by atoms with van der Waals surface area (Å²) in [7, 11) is 5.51. The van der Waals surface area contributed by atoms with Crippen LogP contribution in [0.4, 0.5) is 4.39 Å². The van der Waals surface area contributed by atoms with Crippen LogP contribution in [0, 0.1) is 5.82 Å². The van der Waals surface area contributed by atoms with Crippen LogP contribution in [0.5, 0.6) is 23.1 Å². The van der Waals surface area contributed by atoms with Crippen LogP contribution in [0.25, 0.3) is 10.9 Å². The van der Waals surface area contributed by atoms with Gasteiger partial charge in [-0.1, -0.05) is 6.07 Å². The molecule has 3 rings (SSSR count). The van der Waals surface area contributed by atoms with Crippen LogP contribution in [0.2, 0.25) is 0 Å². The average molecular weight is 436 g/mol. The minimum Gasteiger partial charge on any atom is -0.493 e. The number of hydrogen-bond donors (Lipinski definition) is 0. The smallest absolute Gasteiger partial charge is 0.230 e. The van der Waals surface area contributed by atoms with Crippen LogP contribution in [0.3, 0.4) is 0 Å². The van der Waals surface area contributed by atoms with Crippen molar-refractivity contribution in [3.05, 3.63) is 46.9 Å². The van der Waals surface area contributed by atoms with Crippen molar-refractivity contribution >= 4 is 26.8 Å². The minimum absolute atomic E-state index is 0.229. The fourth-order valence-corrected chi connectivity index (χ4v) is 2.74. The lowest BCUT2D eigenvalue weighted by Gasteiger charge is -2.15. The van der Waals surface area contributed by atoms with E-state index >= 15 is 0 Å². The Balaban J connectivity index is 1.96. The molecule has 0 saturated heterocycles. The van der Waals surface area contributed by atoms with Gasteiger partial charge in [-0.05, 0) is 48.2 Å². The van der Waals surface area contributed by atoms with Crippen molar-refractivity contribution in [1.29, 1.82) is 0 Å². The summed E-state index contributed by atoms with van der Waals surface area (Å²) >= 11 is 3.19. The van der Waals surface area contributed by atoms with Gasteiger partial charge in [0, 0.05) is 12.6 Å². The molecule has 0 unspecified atom stereocenters. The molecule has 0 aliphatic heterocycles. The highest BCUT2D eigenvalue weighted by atomic mass is 79.9. The zero-order valence-corrected chi connectivity index (χ0v) is 16.8. The van der Waals surface area contributed by atoms with Gasteiger partial charge in [0.25, 0.3) is 0 Å². The zero-order chi connectivity index (χ0) is 19.4. The lowest BCUT2D eigenvalue weighted by atomic mass is 10.2. The molecule has 0 saturated carbocycles. The van der Waals surface area contributed by atoms with E-state index in [-0.39, 0.29) is 4.47 Å². The van der Waals surface area contributed by atoms with Gasteiger partial charge < -0.3 is 19.1 Å². The number of hydrogen-bond acceptors (Lipinski definition) is 6. The Morgan fingerprint density at radius 3 is 2.67 bits per heavy atom. The number of aromatic nitrogens is 2. The summed E-state index contributed by atoms with van der Waals surface area (Å²) in [5.41, 5.74) is 0.633. The highest BCUT2D eigenvalue weighted by molar-refractivity contribution is 9.10. The molecule has 3 aromatic rings. The lowest BCUT2D eigenvalue weighted by molar-refractivity contribution is 0.251. The second kappa shape index (κ2) is 8.49. The molecule has 0 aliphatic rings. The van der Waals surface area contributed by atoms with Crippen LogP contribution in [0.15, 0.2) is 41.1 Å². The number of fused-ring (bicyclic) bond motifs is 1. The molecule has 0 atom stereocenters. The van der Waals surface area contributed by atoms with Crippen molar-refractivity contribution in [3.8, 4) is 23.1 Å². The van der Waals surface area contributed by atoms with Crippen molar-refractivity contribution < 1.29 is 18.6 Å². The summed E-state index contributed by atoms with van der Waals surface area (Å²) in [6.45, 7) is 1.28. The molecule has 0 bridgehead atoms. The van der Waals surface area contributed by atoms with Crippen molar-refractivity contribution in [2.45, 2.75) is 0 Å². The van der Waals surface area contributed by atoms with Crippen LogP contribution >= 0.6 is 15.9 Å². The second-order valence-corrected chi connectivity index (χ2v) is 6.80. The van der Waals surface area contributed by atoms with E-state index < -0.39 is 5.82 Å². The zero-order valence-electron chi connectivity index (χ0n) is 15.2. The Hall–Kier alpha value is -2.45. The number of ether oxygens (including phenoxy) is 3. The van der Waals surface area contributed by atoms with Crippen LogP contribution in [0.1, 0.15) is 0 Å². The van der Waals surface area contributed by atoms with E-state index in [1.165, 1.54) is 12.4 Å². The maximum absolute atomic E-state index is 13.7. The van der Waals surface area contributed by atoms with E-state index in [0.717, 1.165) is 6.54 Å². The highest BCUT2D eigenvalue weighted by Gasteiger charge is 2.15. The predicted octanol–water partition coefficient (Wildman–Crippen LogP) is 4.27. The monoisotopic (exact) mass is 435 g/mol. The molecule has 8 heteroatoms. The molecule has 1 heterocycles. The lowest BCUT2D eigenvalue weighted by Crippen LogP contribution is -2.19. The normalized spacial score (nSPS) is 11.0. The largest absolute Gasteiger partial charge is 0.493 e. The predicted molar refractivity (Wildman–Crippen MR) is 104 cm³/mol. The Morgan fingerprint density at radius 1 is 1.11 bits per heavy atom. The third-order valence-corrected chi connectivity index (χ3v) is 4.57. The first kappa shape index (κ1) is 19.3. The van der Waals surface area contributed by atoms with Gasteiger partial charge in [0.1, 0.15) is 24.5 Å². The van der Waals surface area contributed by atoms with Gasteiger partial charge in [-0.25, -0.2) is 14.4 Å². The van der Waals surface area contributed by atoms with Crippen LogP contribution < -0.4 is 14.2 Å². The van der Waals surface area contributed by atoms with Gasteiger partial charge in [0.2, 0.25) is 5.88 Å². The molecule has 0 amide bonds. The number of rotatable bonds is 7. The molecule has 0 spiro atoms. The van der Waals surface area contributed by atoms with Gasteiger partial charge in [-0.15, -0.1) is 0 Å². The molecule has 0 radical (unpaired) electrons. The number of halogens is 2. The third kappa shape index (κ3) is 4.45. The van der Waals surface area contributed by atoms with Gasteiger partial charge in [0.05, 0.1) is 22.5 Å². The minimum atomic E-state index is -0.417. The fourth-order valence-electron chi connectivity index (χ4n) is 2.40. The van der Waals surface area contributed by atoms with E-state index in [2.05, 4.69) is 25.9 Å². The van der Waals surface area contributed by atoms with Crippen LogP contribution in [-0.2, 0) is 0 Å². The Kier molecular flexibility index (Phi) is 6.08. The number of methoxy groups -OCH3 is 1. The molecule has 0 fully saturated rings. The van der Waals surface area contributed by atoms with Gasteiger partial charge in [0.15, 0.2) is 11.5 Å². The summed E-state index contributed by atoms with van der Waals surface area (Å²) in [6, 6.07) is 8.09. The quantitative estimate of drug-likeness (QED) is 0.552. The van der Waals surface area contributed by atoms with E-state index in [9.17, 15) is 4.39 Å². The van der Waals surface area contributed by atoms with Crippen molar-refractivity contribution in [3.63, 3.8) is 0 Å². The molecule has 0 aliphatic carbocycles. The molecule has 6 nitrogen and oxygen atoms in total. The average Bonchev–Trinajstić information content (AvgIpc) is 2.65. The maximum Gasteiger partial charge on any atom is 0.230 e. The number of benzene rings is 2. The van der Waals surface area contributed by atoms with E-state index in [4.69, 9.17) is 14.2 Å². The summed E-state index contributed by atoms with van der Waals surface area (Å²) < 4.78 is 31.0. The van der Waals surface area contributed by atoms with E-state index in [1.54, 1.807) is 31.4 Å².